The molecular formula is C36H27NO2. The minimum absolute atomic E-state index is 0.200. The molecule has 0 atom stereocenters. The molecule has 0 N–H and O–H groups in total. The second-order valence-electron chi connectivity index (χ2n) is 11.0. The lowest BCUT2D eigenvalue weighted by Gasteiger charge is -2.42. The van der Waals surface area contributed by atoms with E-state index >= 15 is 0 Å². The molecule has 1 aliphatic heterocycles. The Morgan fingerprint density at radius 1 is 0.641 bits per heavy atom. The summed E-state index contributed by atoms with van der Waals surface area (Å²) in [5.41, 5.74) is 7.83. The van der Waals surface area contributed by atoms with Gasteiger partial charge in [-0.2, -0.15) is 0 Å². The topological polar surface area (TPSA) is 37.4 Å². The Bertz CT molecular complexity index is 1790. The lowest BCUT2D eigenvalue weighted by atomic mass is 9.73. The first-order chi connectivity index (χ1) is 18.9. The molecule has 0 aromatic heterocycles. The standard InChI is InChI=1S/C36H27NO2/c1-36(2)30-14-8-9-15-32(30)37(22-23-10-4-3-5-11-23)33-17-16-24(19-31(33)36)18-29-34(38)27-20-25-12-6-7-13-26(25)21-28(27)35(29)39/h3-21H,22H2,1-2H3. The maximum Gasteiger partial charge on any atom is 0.197 e. The summed E-state index contributed by atoms with van der Waals surface area (Å²) in [6.07, 6.45) is 1.77. The molecule has 1 heterocycles. The van der Waals surface area contributed by atoms with Gasteiger partial charge < -0.3 is 4.90 Å². The van der Waals surface area contributed by atoms with E-state index in [0.29, 0.717) is 11.1 Å². The summed E-state index contributed by atoms with van der Waals surface area (Å²) in [7, 11) is 0. The van der Waals surface area contributed by atoms with E-state index < -0.39 is 0 Å². The second kappa shape index (κ2) is 8.64. The van der Waals surface area contributed by atoms with Gasteiger partial charge in [0.05, 0.1) is 5.57 Å². The van der Waals surface area contributed by atoms with Crippen LogP contribution in [0.1, 0.15) is 56.8 Å². The Kier molecular flexibility index (Phi) is 5.18. The van der Waals surface area contributed by atoms with Crippen LogP contribution >= 0.6 is 0 Å². The Hall–Kier alpha value is -4.76. The summed E-state index contributed by atoms with van der Waals surface area (Å²) < 4.78 is 0. The Balaban J connectivity index is 1.33. The second-order valence-corrected chi connectivity index (χ2v) is 11.0. The first-order valence-corrected chi connectivity index (χ1v) is 13.3. The third-order valence-corrected chi connectivity index (χ3v) is 8.21. The van der Waals surface area contributed by atoms with Crippen LogP contribution in [0.5, 0.6) is 0 Å². The molecule has 5 aromatic rings. The van der Waals surface area contributed by atoms with Gasteiger partial charge in [0, 0.05) is 34.5 Å². The summed E-state index contributed by atoms with van der Waals surface area (Å²) in [5, 5.41) is 1.93. The van der Waals surface area contributed by atoms with Crippen LogP contribution in [0.15, 0.2) is 115 Å². The number of nitrogens with zero attached hydrogens (tertiary/aromatic N) is 1. The van der Waals surface area contributed by atoms with E-state index in [4.69, 9.17) is 0 Å². The van der Waals surface area contributed by atoms with Crippen molar-refractivity contribution in [1.29, 1.82) is 0 Å². The number of para-hydroxylation sites is 1. The summed E-state index contributed by atoms with van der Waals surface area (Å²) in [6, 6.07) is 36.9. The minimum Gasteiger partial charge on any atom is -0.336 e. The van der Waals surface area contributed by atoms with E-state index in [1.807, 2.05) is 48.5 Å². The minimum atomic E-state index is -0.252. The number of carbonyl (C=O) groups is 2. The van der Waals surface area contributed by atoms with E-state index in [2.05, 4.69) is 79.4 Å². The monoisotopic (exact) mass is 505 g/mol. The van der Waals surface area contributed by atoms with Crippen molar-refractivity contribution < 1.29 is 9.59 Å². The van der Waals surface area contributed by atoms with Crippen LogP contribution in [0.4, 0.5) is 11.4 Å². The zero-order chi connectivity index (χ0) is 26.7. The number of benzene rings is 5. The number of fused-ring (bicyclic) bond motifs is 4. The Morgan fingerprint density at radius 2 is 1.23 bits per heavy atom. The number of Topliss-reactive ketones (excluding diaryl/α,β-unsaturated/α-hetero) is 2. The lowest BCUT2D eigenvalue weighted by Crippen LogP contribution is -2.32. The zero-order valence-corrected chi connectivity index (χ0v) is 21.9. The molecule has 0 amide bonds. The third kappa shape index (κ3) is 3.65. The molecule has 0 bridgehead atoms. The highest BCUT2D eigenvalue weighted by molar-refractivity contribution is 6.42. The fraction of sp³-hybridized carbons (Fsp3) is 0.111. The molecule has 1 aliphatic carbocycles. The number of rotatable bonds is 3. The van der Waals surface area contributed by atoms with Crippen molar-refractivity contribution in [2.45, 2.75) is 25.8 Å². The third-order valence-electron chi connectivity index (χ3n) is 8.21. The van der Waals surface area contributed by atoms with Crippen LogP contribution in [0, 0.1) is 0 Å². The highest BCUT2D eigenvalue weighted by atomic mass is 16.2. The van der Waals surface area contributed by atoms with Gasteiger partial charge >= 0.3 is 0 Å². The quantitative estimate of drug-likeness (QED) is 0.183. The molecule has 0 saturated carbocycles. The number of carbonyl (C=O) groups excluding carboxylic acids is 2. The molecule has 2 aliphatic rings. The van der Waals surface area contributed by atoms with Crippen LogP contribution in [-0.2, 0) is 12.0 Å². The maximum atomic E-state index is 13.4. The average molecular weight is 506 g/mol. The van der Waals surface area contributed by atoms with Gasteiger partial charge in [-0.1, -0.05) is 92.7 Å². The summed E-state index contributed by atoms with van der Waals surface area (Å²) in [4.78, 5) is 29.2. The first-order valence-electron chi connectivity index (χ1n) is 13.3. The summed E-state index contributed by atoms with van der Waals surface area (Å²) in [6.45, 7) is 5.24. The molecule has 5 aromatic carbocycles. The van der Waals surface area contributed by atoms with Crippen LogP contribution in [-0.4, -0.2) is 11.6 Å². The predicted molar refractivity (Wildman–Crippen MR) is 158 cm³/mol. The molecule has 0 radical (unpaired) electrons. The van der Waals surface area contributed by atoms with Gasteiger partial charge in [0.1, 0.15) is 0 Å². The van der Waals surface area contributed by atoms with Crippen LogP contribution in [0.2, 0.25) is 0 Å². The van der Waals surface area contributed by atoms with Crippen LogP contribution < -0.4 is 4.90 Å². The predicted octanol–water partition coefficient (Wildman–Crippen LogP) is 8.28. The number of hydrogen-bond acceptors (Lipinski definition) is 3. The van der Waals surface area contributed by atoms with Crippen molar-refractivity contribution in [2.75, 3.05) is 4.90 Å². The zero-order valence-electron chi connectivity index (χ0n) is 21.9. The molecule has 7 rings (SSSR count). The molecule has 0 spiro atoms. The molecule has 3 heteroatoms. The molecule has 0 fully saturated rings. The highest BCUT2D eigenvalue weighted by Crippen LogP contribution is 2.49. The highest BCUT2D eigenvalue weighted by Gasteiger charge is 2.37. The molecule has 39 heavy (non-hydrogen) atoms. The van der Waals surface area contributed by atoms with E-state index in [-0.39, 0.29) is 22.6 Å². The van der Waals surface area contributed by atoms with Gasteiger partial charge in [0.25, 0.3) is 0 Å². The summed E-state index contributed by atoms with van der Waals surface area (Å²) >= 11 is 0. The maximum absolute atomic E-state index is 13.4. The number of anilines is 2. The van der Waals surface area contributed by atoms with Gasteiger partial charge in [-0.25, -0.2) is 0 Å². The fourth-order valence-electron chi connectivity index (χ4n) is 6.14. The Morgan fingerprint density at radius 3 is 1.92 bits per heavy atom. The largest absolute Gasteiger partial charge is 0.336 e. The van der Waals surface area contributed by atoms with Gasteiger partial charge in [0.2, 0.25) is 0 Å². The summed E-state index contributed by atoms with van der Waals surface area (Å²) in [5.74, 6) is -0.400. The van der Waals surface area contributed by atoms with Gasteiger partial charge in [-0.15, -0.1) is 0 Å². The number of ketones is 2. The van der Waals surface area contributed by atoms with E-state index in [9.17, 15) is 9.59 Å². The van der Waals surface area contributed by atoms with Crippen molar-refractivity contribution in [1.82, 2.24) is 0 Å². The first kappa shape index (κ1) is 23.4. The normalized spacial score (nSPS) is 15.2. The molecule has 0 unspecified atom stereocenters. The van der Waals surface area contributed by atoms with Gasteiger partial charge in [0.15, 0.2) is 11.6 Å². The number of allylic oxidation sites excluding steroid dienone is 1. The van der Waals surface area contributed by atoms with Gasteiger partial charge in [-0.3, -0.25) is 9.59 Å². The van der Waals surface area contributed by atoms with Crippen molar-refractivity contribution in [3.8, 4) is 0 Å². The van der Waals surface area contributed by atoms with E-state index in [0.717, 1.165) is 28.6 Å². The molecule has 3 nitrogen and oxygen atoms in total. The fourth-order valence-corrected chi connectivity index (χ4v) is 6.14. The number of hydrogen-bond donors (Lipinski definition) is 0. The van der Waals surface area contributed by atoms with E-state index in [1.165, 1.54) is 22.4 Å². The SMILES string of the molecule is CC1(C)c2ccccc2N(Cc2ccccc2)c2ccc(C=C3C(=O)c4cc5ccccc5cc4C3=O)cc21. The molecular weight excluding hydrogens is 478 g/mol. The van der Waals surface area contributed by atoms with Crippen molar-refractivity contribution >= 4 is 39.8 Å². The lowest BCUT2D eigenvalue weighted by molar-refractivity contribution is 0.0990. The average Bonchev–Trinajstić information content (AvgIpc) is 3.19. The smallest absolute Gasteiger partial charge is 0.197 e. The van der Waals surface area contributed by atoms with Crippen molar-refractivity contribution in [3.05, 3.63) is 148 Å². The molecule has 0 saturated heterocycles. The van der Waals surface area contributed by atoms with Crippen molar-refractivity contribution in [3.63, 3.8) is 0 Å². The van der Waals surface area contributed by atoms with Gasteiger partial charge in [-0.05, 0) is 69.4 Å². The van der Waals surface area contributed by atoms with Crippen LogP contribution in [0.3, 0.4) is 0 Å². The Labute approximate surface area is 228 Å². The van der Waals surface area contributed by atoms with Crippen molar-refractivity contribution in [2.24, 2.45) is 0 Å². The molecule has 188 valence electrons. The van der Waals surface area contributed by atoms with Crippen LogP contribution in [0.25, 0.3) is 16.8 Å². The van der Waals surface area contributed by atoms with E-state index in [1.54, 1.807) is 6.08 Å².